The van der Waals surface area contributed by atoms with Gasteiger partial charge in [0.25, 0.3) is 0 Å². The standard InChI is InChI=1S/C15H30N6O3/c1-4-9(2)12(16)14(24)20-10(3)13(23)21-11(8-22)6-5-7-19-15(17)18/h8-12H,4-7,16H2,1-3H3,(H,20,24)(H,21,23)(H4,17,18,19)/t9-,10-,11-,12-/m0/s1. The van der Waals surface area contributed by atoms with E-state index in [1.165, 1.54) is 6.92 Å². The van der Waals surface area contributed by atoms with Crippen molar-refractivity contribution in [2.75, 3.05) is 6.54 Å². The Bertz CT molecular complexity index is 450. The highest BCUT2D eigenvalue weighted by Gasteiger charge is 2.24. The molecule has 0 aromatic rings. The lowest BCUT2D eigenvalue weighted by atomic mass is 9.99. The van der Waals surface area contributed by atoms with E-state index in [9.17, 15) is 14.4 Å². The summed E-state index contributed by atoms with van der Waals surface area (Å²) >= 11 is 0. The number of rotatable bonds is 11. The van der Waals surface area contributed by atoms with Crippen molar-refractivity contribution in [3.05, 3.63) is 0 Å². The lowest BCUT2D eigenvalue weighted by Gasteiger charge is -2.22. The van der Waals surface area contributed by atoms with Gasteiger partial charge in [0.1, 0.15) is 12.3 Å². The van der Waals surface area contributed by atoms with Crippen molar-refractivity contribution < 1.29 is 14.4 Å². The molecule has 0 aliphatic carbocycles. The van der Waals surface area contributed by atoms with Gasteiger partial charge in [0.2, 0.25) is 11.8 Å². The van der Waals surface area contributed by atoms with Gasteiger partial charge in [-0.3, -0.25) is 14.6 Å². The third-order valence-corrected chi connectivity index (χ3v) is 3.77. The molecular weight excluding hydrogens is 312 g/mol. The Morgan fingerprint density at radius 3 is 2.29 bits per heavy atom. The molecule has 2 amide bonds. The second kappa shape index (κ2) is 11.4. The van der Waals surface area contributed by atoms with Crippen molar-refractivity contribution in [1.82, 2.24) is 10.6 Å². The Hall–Kier alpha value is -2.16. The van der Waals surface area contributed by atoms with Crippen molar-refractivity contribution in [3.8, 4) is 0 Å². The minimum Gasteiger partial charge on any atom is -0.370 e. The van der Waals surface area contributed by atoms with Gasteiger partial charge in [-0.1, -0.05) is 20.3 Å². The quantitative estimate of drug-likeness (QED) is 0.134. The van der Waals surface area contributed by atoms with Gasteiger partial charge in [-0.25, -0.2) is 0 Å². The molecule has 0 aromatic carbocycles. The van der Waals surface area contributed by atoms with E-state index in [-0.39, 0.29) is 17.8 Å². The van der Waals surface area contributed by atoms with E-state index in [2.05, 4.69) is 15.6 Å². The molecule has 4 atom stereocenters. The SMILES string of the molecule is CC[C@H](C)[C@H](N)C(=O)N[C@@H](C)C(=O)N[C@H](C=O)CCCN=C(N)N. The summed E-state index contributed by atoms with van der Waals surface area (Å²) < 4.78 is 0. The Morgan fingerprint density at radius 1 is 1.17 bits per heavy atom. The van der Waals surface area contributed by atoms with Crippen LogP contribution >= 0.6 is 0 Å². The van der Waals surface area contributed by atoms with Crippen LogP contribution in [0, 0.1) is 5.92 Å². The monoisotopic (exact) mass is 342 g/mol. The normalized spacial score (nSPS) is 15.5. The Labute approximate surface area is 142 Å². The maximum Gasteiger partial charge on any atom is 0.242 e. The first kappa shape index (κ1) is 21.8. The summed E-state index contributed by atoms with van der Waals surface area (Å²) in [5.74, 6) is -0.838. The summed E-state index contributed by atoms with van der Waals surface area (Å²) in [5, 5.41) is 5.13. The fraction of sp³-hybridized carbons (Fsp3) is 0.733. The number of nitrogens with one attached hydrogen (secondary N) is 2. The molecule has 138 valence electrons. The first-order valence-corrected chi connectivity index (χ1v) is 8.09. The van der Waals surface area contributed by atoms with Gasteiger partial charge < -0.3 is 32.6 Å². The van der Waals surface area contributed by atoms with Crippen LogP contribution in [-0.4, -0.2) is 48.7 Å². The molecule has 24 heavy (non-hydrogen) atoms. The third-order valence-electron chi connectivity index (χ3n) is 3.77. The van der Waals surface area contributed by atoms with Crippen molar-refractivity contribution in [1.29, 1.82) is 0 Å². The van der Waals surface area contributed by atoms with E-state index in [4.69, 9.17) is 17.2 Å². The van der Waals surface area contributed by atoms with E-state index in [1.807, 2.05) is 13.8 Å². The lowest BCUT2D eigenvalue weighted by molar-refractivity contribution is -0.130. The van der Waals surface area contributed by atoms with Crippen LogP contribution in [0.15, 0.2) is 4.99 Å². The molecule has 9 heteroatoms. The largest absolute Gasteiger partial charge is 0.370 e. The molecule has 0 rings (SSSR count). The summed E-state index contributed by atoms with van der Waals surface area (Å²) in [6, 6.07) is -2.12. The molecule has 0 aromatic heterocycles. The maximum atomic E-state index is 12.1. The van der Waals surface area contributed by atoms with Crippen molar-refractivity contribution in [2.24, 2.45) is 28.1 Å². The minimum absolute atomic E-state index is 0.0125. The summed E-state index contributed by atoms with van der Waals surface area (Å²) in [4.78, 5) is 38.9. The van der Waals surface area contributed by atoms with E-state index in [0.29, 0.717) is 25.7 Å². The van der Waals surface area contributed by atoms with Gasteiger partial charge in [0.15, 0.2) is 5.96 Å². The predicted octanol–water partition coefficient (Wildman–Crippen LogP) is -1.40. The molecule has 0 aliphatic heterocycles. The number of aldehydes is 1. The summed E-state index contributed by atoms with van der Waals surface area (Å²) in [6.07, 6.45) is 2.35. The van der Waals surface area contributed by atoms with Crippen LogP contribution < -0.4 is 27.8 Å². The lowest BCUT2D eigenvalue weighted by Crippen LogP contribution is -2.53. The number of amides is 2. The zero-order valence-electron chi connectivity index (χ0n) is 14.6. The zero-order valence-corrected chi connectivity index (χ0v) is 14.6. The highest BCUT2D eigenvalue weighted by atomic mass is 16.2. The van der Waals surface area contributed by atoms with E-state index in [1.54, 1.807) is 0 Å². The van der Waals surface area contributed by atoms with Gasteiger partial charge >= 0.3 is 0 Å². The summed E-state index contributed by atoms with van der Waals surface area (Å²) in [7, 11) is 0. The van der Waals surface area contributed by atoms with Crippen LogP contribution in [0.1, 0.15) is 40.0 Å². The molecule has 0 radical (unpaired) electrons. The summed E-state index contributed by atoms with van der Waals surface area (Å²) in [6.45, 7) is 5.72. The van der Waals surface area contributed by atoms with Crippen LogP contribution in [0.4, 0.5) is 0 Å². The third kappa shape index (κ3) is 8.47. The second-order valence-corrected chi connectivity index (χ2v) is 5.84. The number of carbonyl (C=O) groups is 3. The number of guanidine groups is 1. The van der Waals surface area contributed by atoms with Crippen LogP contribution in [0.2, 0.25) is 0 Å². The van der Waals surface area contributed by atoms with Gasteiger partial charge in [-0.15, -0.1) is 0 Å². The smallest absolute Gasteiger partial charge is 0.242 e. The van der Waals surface area contributed by atoms with E-state index < -0.39 is 24.0 Å². The van der Waals surface area contributed by atoms with Crippen molar-refractivity contribution in [2.45, 2.75) is 58.2 Å². The maximum absolute atomic E-state index is 12.1. The number of nitrogens with zero attached hydrogens (tertiary/aromatic N) is 1. The van der Waals surface area contributed by atoms with Gasteiger partial charge in [0, 0.05) is 6.54 Å². The first-order valence-electron chi connectivity index (χ1n) is 8.09. The highest BCUT2D eigenvalue weighted by molar-refractivity contribution is 5.90. The zero-order chi connectivity index (χ0) is 18.7. The number of nitrogens with two attached hydrogens (primary N) is 3. The Kier molecular flexibility index (Phi) is 10.4. The van der Waals surface area contributed by atoms with Crippen molar-refractivity contribution in [3.63, 3.8) is 0 Å². The molecule has 0 bridgehead atoms. The molecule has 0 spiro atoms. The summed E-state index contributed by atoms with van der Waals surface area (Å²) in [5.41, 5.74) is 16.2. The molecule has 0 unspecified atom stereocenters. The predicted molar refractivity (Wildman–Crippen MR) is 92.9 cm³/mol. The average Bonchev–Trinajstić information content (AvgIpc) is 2.55. The van der Waals surface area contributed by atoms with Crippen LogP contribution in [0.5, 0.6) is 0 Å². The second-order valence-electron chi connectivity index (χ2n) is 5.84. The van der Waals surface area contributed by atoms with Gasteiger partial charge in [-0.2, -0.15) is 0 Å². The number of hydrogen-bond donors (Lipinski definition) is 5. The fourth-order valence-electron chi connectivity index (χ4n) is 1.89. The number of aliphatic imine (C=N–C) groups is 1. The molecular formula is C15H30N6O3. The van der Waals surface area contributed by atoms with Crippen LogP contribution in [-0.2, 0) is 14.4 Å². The Balaban J connectivity index is 4.38. The van der Waals surface area contributed by atoms with Crippen LogP contribution in [0.25, 0.3) is 0 Å². The topological polar surface area (TPSA) is 166 Å². The van der Waals surface area contributed by atoms with E-state index >= 15 is 0 Å². The van der Waals surface area contributed by atoms with Crippen molar-refractivity contribution >= 4 is 24.1 Å². The minimum atomic E-state index is -0.784. The van der Waals surface area contributed by atoms with Gasteiger partial charge in [-0.05, 0) is 25.7 Å². The molecule has 0 saturated carbocycles. The molecule has 9 nitrogen and oxygen atoms in total. The molecule has 0 fully saturated rings. The van der Waals surface area contributed by atoms with E-state index in [0.717, 1.165) is 6.42 Å². The molecule has 0 saturated heterocycles. The molecule has 0 aliphatic rings. The van der Waals surface area contributed by atoms with Gasteiger partial charge in [0.05, 0.1) is 12.1 Å². The Morgan fingerprint density at radius 2 is 1.79 bits per heavy atom. The van der Waals surface area contributed by atoms with Crippen LogP contribution in [0.3, 0.4) is 0 Å². The first-order chi connectivity index (χ1) is 11.2. The fourth-order valence-corrected chi connectivity index (χ4v) is 1.89. The molecule has 0 heterocycles. The highest BCUT2D eigenvalue weighted by Crippen LogP contribution is 2.05. The average molecular weight is 342 g/mol. The number of carbonyl (C=O) groups excluding carboxylic acids is 3. The number of hydrogen-bond acceptors (Lipinski definition) is 5. The molecule has 8 N–H and O–H groups in total.